The fourth-order valence-electron chi connectivity index (χ4n) is 2.92. The number of hydrogen-bond donors (Lipinski definition) is 1. The zero-order chi connectivity index (χ0) is 11.7. The van der Waals surface area contributed by atoms with E-state index in [1.54, 1.807) is 0 Å². The average molecular weight is 230 g/mol. The summed E-state index contributed by atoms with van der Waals surface area (Å²) in [6.45, 7) is 2.44. The standard InChI is InChI=1S/C15H22N2/c1-17-10-9-14(11-17)16-15(13-7-8-13)12-5-3-2-4-6-12/h2-6,13-16H,7-11H2,1H3. The van der Waals surface area contributed by atoms with E-state index < -0.39 is 0 Å². The molecule has 1 heterocycles. The largest absolute Gasteiger partial charge is 0.306 e. The Morgan fingerprint density at radius 3 is 2.53 bits per heavy atom. The third-order valence-electron chi connectivity index (χ3n) is 4.06. The first-order valence-electron chi connectivity index (χ1n) is 6.82. The predicted molar refractivity (Wildman–Crippen MR) is 70.9 cm³/mol. The van der Waals surface area contributed by atoms with Crippen LogP contribution in [0.4, 0.5) is 0 Å². The molecule has 3 rings (SSSR count). The monoisotopic (exact) mass is 230 g/mol. The lowest BCUT2D eigenvalue weighted by Crippen LogP contribution is -2.35. The highest BCUT2D eigenvalue weighted by Crippen LogP contribution is 2.41. The molecule has 0 amide bonds. The van der Waals surface area contributed by atoms with Crippen LogP contribution in [-0.4, -0.2) is 31.1 Å². The Labute approximate surface area is 104 Å². The third-order valence-corrected chi connectivity index (χ3v) is 4.06. The normalized spacial score (nSPS) is 27.2. The first-order chi connectivity index (χ1) is 8.33. The summed E-state index contributed by atoms with van der Waals surface area (Å²) in [5.41, 5.74) is 1.48. The maximum atomic E-state index is 3.88. The van der Waals surface area contributed by atoms with Gasteiger partial charge in [-0.3, -0.25) is 0 Å². The van der Waals surface area contributed by atoms with Crippen molar-refractivity contribution in [3.63, 3.8) is 0 Å². The summed E-state index contributed by atoms with van der Waals surface area (Å²) in [6.07, 6.45) is 4.09. The smallest absolute Gasteiger partial charge is 0.0351 e. The van der Waals surface area contributed by atoms with E-state index in [4.69, 9.17) is 0 Å². The van der Waals surface area contributed by atoms with Gasteiger partial charge in [0.2, 0.25) is 0 Å². The van der Waals surface area contributed by atoms with E-state index in [0.29, 0.717) is 12.1 Å². The van der Waals surface area contributed by atoms with Crippen LogP contribution in [0, 0.1) is 5.92 Å². The first kappa shape index (κ1) is 11.2. The quantitative estimate of drug-likeness (QED) is 0.854. The van der Waals surface area contributed by atoms with Gasteiger partial charge in [0.15, 0.2) is 0 Å². The molecule has 2 nitrogen and oxygen atoms in total. The second-order valence-corrected chi connectivity index (χ2v) is 5.64. The predicted octanol–water partition coefficient (Wildman–Crippen LogP) is 2.43. The molecule has 2 atom stereocenters. The number of nitrogens with one attached hydrogen (secondary N) is 1. The Morgan fingerprint density at radius 2 is 1.94 bits per heavy atom. The van der Waals surface area contributed by atoms with E-state index >= 15 is 0 Å². The van der Waals surface area contributed by atoms with E-state index in [-0.39, 0.29) is 0 Å². The molecular formula is C15H22N2. The molecule has 1 aromatic rings. The van der Waals surface area contributed by atoms with Crippen LogP contribution < -0.4 is 5.32 Å². The van der Waals surface area contributed by atoms with Crippen LogP contribution >= 0.6 is 0 Å². The average Bonchev–Trinajstić information content (AvgIpc) is 3.11. The molecular weight excluding hydrogens is 208 g/mol. The molecule has 1 saturated carbocycles. The van der Waals surface area contributed by atoms with Crippen LogP contribution in [0.3, 0.4) is 0 Å². The second kappa shape index (κ2) is 4.79. The lowest BCUT2D eigenvalue weighted by atomic mass is 10.0. The van der Waals surface area contributed by atoms with Gasteiger partial charge in [-0.25, -0.2) is 0 Å². The molecule has 1 N–H and O–H groups in total. The van der Waals surface area contributed by atoms with Crippen molar-refractivity contribution >= 4 is 0 Å². The lowest BCUT2D eigenvalue weighted by molar-refractivity contribution is 0.369. The Bertz CT molecular complexity index is 358. The van der Waals surface area contributed by atoms with Crippen molar-refractivity contribution in [1.82, 2.24) is 10.2 Å². The van der Waals surface area contributed by atoms with Gasteiger partial charge in [-0.15, -0.1) is 0 Å². The highest BCUT2D eigenvalue weighted by atomic mass is 15.2. The number of benzene rings is 1. The number of likely N-dealkylation sites (N-methyl/N-ethyl adjacent to an activating group) is 1. The summed E-state index contributed by atoms with van der Waals surface area (Å²) in [5.74, 6) is 0.878. The first-order valence-corrected chi connectivity index (χ1v) is 6.82. The molecule has 0 aromatic heterocycles. The van der Waals surface area contributed by atoms with E-state index in [0.717, 1.165) is 5.92 Å². The van der Waals surface area contributed by atoms with Crippen molar-refractivity contribution < 1.29 is 0 Å². The van der Waals surface area contributed by atoms with Crippen molar-refractivity contribution in [1.29, 1.82) is 0 Å². The minimum atomic E-state index is 0.590. The van der Waals surface area contributed by atoms with Crippen LogP contribution in [0.1, 0.15) is 30.9 Å². The lowest BCUT2D eigenvalue weighted by Gasteiger charge is -2.23. The fraction of sp³-hybridized carbons (Fsp3) is 0.600. The van der Waals surface area contributed by atoms with Gasteiger partial charge in [0.05, 0.1) is 0 Å². The topological polar surface area (TPSA) is 15.3 Å². The maximum Gasteiger partial charge on any atom is 0.0351 e. The molecule has 17 heavy (non-hydrogen) atoms. The van der Waals surface area contributed by atoms with E-state index in [2.05, 4.69) is 47.6 Å². The van der Waals surface area contributed by atoms with Crippen LogP contribution in [0.5, 0.6) is 0 Å². The van der Waals surface area contributed by atoms with E-state index in [1.165, 1.54) is 37.9 Å². The Balaban J connectivity index is 1.68. The van der Waals surface area contributed by atoms with Gasteiger partial charge in [0, 0.05) is 18.6 Å². The summed E-state index contributed by atoms with van der Waals surface area (Å²) < 4.78 is 0. The minimum absolute atomic E-state index is 0.590. The summed E-state index contributed by atoms with van der Waals surface area (Å²) in [4.78, 5) is 2.42. The zero-order valence-electron chi connectivity index (χ0n) is 10.6. The Morgan fingerprint density at radius 1 is 1.18 bits per heavy atom. The Kier molecular flexibility index (Phi) is 3.17. The van der Waals surface area contributed by atoms with Crippen molar-refractivity contribution in [2.24, 2.45) is 5.92 Å². The zero-order valence-corrected chi connectivity index (χ0v) is 10.6. The number of hydrogen-bond acceptors (Lipinski definition) is 2. The van der Waals surface area contributed by atoms with Gasteiger partial charge in [-0.05, 0) is 44.3 Å². The highest BCUT2D eigenvalue weighted by molar-refractivity contribution is 5.21. The van der Waals surface area contributed by atoms with Crippen LogP contribution in [0.25, 0.3) is 0 Å². The summed E-state index contributed by atoms with van der Waals surface area (Å²) in [5, 5.41) is 3.88. The molecule has 92 valence electrons. The van der Waals surface area contributed by atoms with E-state index in [9.17, 15) is 0 Å². The molecule has 1 saturated heterocycles. The molecule has 2 unspecified atom stereocenters. The molecule has 0 bridgehead atoms. The summed E-state index contributed by atoms with van der Waals surface area (Å²) in [6, 6.07) is 12.2. The van der Waals surface area contributed by atoms with Gasteiger partial charge in [0.25, 0.3) is 0 Å². The molecule has 2 fully saturated rings. The molecule has 1 aromatic carbocycles. The molecule has 0 spiro atoms. The van der Waals surface area contributed by atoms with Gasteiger partial charge < -0.3 is 10.2 Å². The van der Waals surface area contributed by atoms with Gasteiger partial charge >= 0.3 is 0 Å². The van der Waals surface area contributed by atoms with E-state index in [1.807, 2.05) is 0 Å². The van der Waals surface area contributed by atoms with Gasteiger partial charge in [-0.1, -0.05) is 30.3 Å². The fourth-order valence-corrected chi connectivity index (χ4v) is 2.92. The van der Waals surface area contributed by atoms with Crippen molar-refractivity contribution in [3.05, 3.63) is 35.9 Å². The highest BCUT2D eigenvalue weighted by Gasteiger charge is 2.34. The van der Waals surface area contributed by atoms with Crippen LogP contribution in [0.15, 0.2) is 30.3 Å². The van der Waals surface area contributed by atoms with Crippen LogP contribution in [0.2, 0.25) is 0 Å². The number of rotatable bonds is 4. The molecule has 1 aliphatic heterocycles. The molecule has 0 radical (unpaired) electrons. The third kappa shape index (κ3) is 2.70. The number of likely N-dealkylation sites (tertiary alicyclic amines) is 1. The van der Waals surface area contributed by atoms with Crippen molar-refractivity contribution in [2.45, 2.75) is 31.3 Å². The van der Waals surface area contributed by atoms with Gasteiger partial charge in [0.1, 0.15) is 0 Å². The maximum absolute atomic E-state index is 3.88. The van der Waals surface area contributed by atoms with Gasteiger partial charge in [-0.2, -0.15) is 0 Å². The molecule has 1 aliphatic carbocycles. The van der Waals surface area contributed by atoms with Crippen molar-refractivity contribution in [3.8, 4) is 0 Å². The summed E-state index contributed by atoms with van der Waals surface area (Å²) in [7, 11) is 2.22. The van der Waals surface area contributed by atoms with Crippen molar-refractivity contribution in [2.75, 3.05) is 20.1 Å². The van der Waals surface area contributed by atoms with Crippen LogP contribution in [-0.2, 0) is 0 Å². The SMILES string of the molecule is CN1CCC(NC(c2ccccc2)C2CC2)C1. The molecule has 2 heteroatoms. The molecule has 2 aliphatic rings. The minimum Gasteiger partial charge on any atom is -0.306 e. The second-order valence-electron chi connectivity index (χ2n) is 5.64. The Hall–Kier alpha value is -0.860. The summed E-state index contributed by atoms with van der Waals surface area (Å²) >= 11 is 0. The number of nitrogens with zero attached hydrogens (tertiary/aromatic N) is 1.